The number of hydrogen-bond donors (Lipinski definition) is 12. The first kappa shape index (κ1) is 55.8. The Hall–Kier alpha value is -6.40. The van der Waals surface area contributed by atoms with Gasteiger partial charge in [-0.15, -0.1) is 0 Å². The van der Waals surface area contributed by atoms with E-state index < -0.39 is 151 Å². The molecule has 26 heteroatoms. The van der Waals surface area contributed by atoms with Gasteiger partial charge in [0, 0.05) is 55.0 Å². The van der Waals surface area contributed by atoms with Crippen molar-refractivity contribution >= 4 is 41.0 Å². The fourth-order valence-electron chi connectivity index (χ4n) is 10.2. The molecule has 2 aliphatic carbocycles. The van der Waals surface area contributed by atoms with Crippen molar-refractivity contribution in [2.24, 2.45) is 5.73 Å². The Labute approximate surface area is 432 Å². The van der Waals surface area contributed by atoms with Crippen molar-refractivity contribution in [3.05, 3.63) is 75.3 Å². The second-order valence-corrected chi connectivity index (χ2v) is 19.0. The van der Waals surface area contributed by atoms with E-state index in [0.717, 1.165) is 0 Å². The van der Waals surface area contributed by atoms with Crippen molar-refractivity contribution in [1.29, 1.82) is 0 Å². The number of aliphatic hydroxyl groups is 6. The van der Waals surface area contributed by atoms with Crippen molar-refractivity contribution in [3.63, 3.8) is 0 Å². The molecule has 0 aromatic heterocycles. The second kappa shape index (κ2) is 23.1. The average Bonchev–Trinajstić information content (AvgIpc) is 3.94. The quantitative estimate of drug-likeness (QED) is 0.0418. The molecule has 76 heavy (non-hydrogen) atoms. The number of hydrogen-bond acceptors (Lipinski definition) is 23. The summed E-state index contributed by atoms with van der Waals surface area (Å²) in [4.78, 5) is 80.0. The maximum Gasteiger partial charge on any atom is 0.412 e. The minimum Gasteiger partial charge on any atom is -0.507 e. The van der Waals surface area contributed by atoms with E-state index >= 15 is 0 Å². The molecule has 0 radical (unpaired) electrons. The first-order valence-corrected chi connectivity index (χ1v) is 24.4. The molecule has 13 N–H and O–H groups in total. The van der Waals surface area contributed by atoms with Gasteiger partial charge in [0.05, 0.1) is 61.0 Å². The lowest BCUT2D eigenvalue weighted by atomic mass is 9.72. The first-order chi connectivity index (χ1) is 36.2. The number of nitrogens with one attached hydrogen (secondary N) is 2. The molecule has 12 atom stereocenters. The van der Waals surface area contributed by atoms with Gasteiger partial charge in [0.15, 0.2) is 24.0 Å². The normalized spacial score (nSPS) is 29.0. The minimum absolute atomic E-state index is 0.00388. The third-order valence-corrected chi connectivity index (χ3v) is 14.1. The number of ketones is 3. The summed E-state index contributed by atoms with van der Waals surface area (Å²) in [5.41, 5.74) is 1.75. The van der Waals surface area contributed by atoms with Crippen molar-refractivity contribution in [2.75, 3.05) is 45.3 Å². The number of phenols is 2. The highest BCUT2D eigenvalue weighted by Crippen LogP contribution is 2.52. The predicted molar refractivity (Wildman–Crippen MR) is 255 cm³/mol. The summed E-state index contributed by atoms with van der Waals surface area (Å²) in [6, 6.07) is 7.76. The monoisotopic (exact) mass is 1070 g/mol. The number of carbonyl (C=O) groups excluding carboxylic acids is 5. The van der Waals surface area contributed by atoms with Gasteiger partial charge in [0.1, 0.15) is 66.4 Å². The van der Waals surface area contributed by atoms with Crippen LogP contribution in [0.3, 0.4) is 0 Å². The van der Waals surface area contributed by atoms with Gasteiger partial charge in [-0.05, 0) is 50.1 Å². The Morgan fingerprint density at radius 3 is 2.39 bits per heavy atom. The van der Waals surface area contributed by atoms with Gasteiger partial charge in [0.25, 0.3) is 0 Å². The van der Waals surface area contributed by atoms with E-state index in [1.165, 1.54) is 48.4 Å². The number of carbonyl (C=O) groups is 6. The number of anilines is 1. The number of benzene rings is 3. The maximum atomic E-state index is 14.1. The Morgan fingerprint density at radius 1 is 0.934 bits per heavy atom. The van der Waals surface area contributed by atoms with Crippen molar-refractivity contribution < 1.29 is 108 Å². The summed E-state index contributed by atoms with van der Waals surface area (Å²) >= 11 is 0. The first-order valence-electron chi connectivity index (χ1n) is 24.4. The number of ether oxygens (including phenoxy) is 7. The number of methoxy groups -OCH3 is 1. The molecular weight excluding hydrogens is 1010 g/mol. The van der Waals surface area contributed by atoms with Crippen LogP contribution in [0, 0.1) is 0 Å². The molecule has 3 aromatic carbocycles. The molecule has 5 aliphatic rings. The van der Waals surface area contributed by atoms with Crippen LogP contribution in [0.2, 0.25) is 0 Å². The number of aliphatic carboxylic acids is 1. The van der Waals surface area contributed by atoms with Crippen LogP contribution in [-0.4, -0.2) is 193 Å². The van der Waals surface area contributed by atoms with E-state index in [0.29, 0.717) is 18.4 Å². The Kier molecular flexibility index (Phi) is 16.9. The highest BCUT2D eigenvalue weighted by atomic mass is 16.7. The number of Topliss-reactive ketones (excluding diaryl/α,β-unsaturated/α-hetero) is 1. The molecule has 0 bridgehead atoms. The number of carboxylic acids is 1. The van der Waals surface area contributed by atoms with Crippen molar-refractivity contribution in [3.8, 4) is 23.0 Å². The number of aromatic hydroxyl groups is 2. The summed E-state index contributed by atoms with van der Waals surface area (Å²) in [6.07, 6.45) is -16.3. The zero-order chi connectivity index (χ0) is 54.9. The average molecular weight is 1070 g/mol. The van der Waals surface area contributed by atoms with Gasteiger partial charge in [-0.1, -0.05) is 18.2 Å². The van der Waals surface area contributed by atoms with E-state index in [9.17, 15) is 74.7 Å². The summed E-state index contributed by atoms with van der Waals surface area (Å²) in [5.74, 6) is -6.45. The van der Waals surface area contributed by atoms with E-state index in [2.05, 4.69) is 10.6 Å². The molecule has 3 aliphatic heterocycles. The third kappa shape index (κ3) is 10.9. The molecule has 3 fully saturated rings. The molecule has 0 saturated carbocycles. The van der Waals surface area contributed by atoms with Crippen LogP contribution in [0.15, 0.2) is 36.4 Å². The highest BCUT2D eigenvalue weighted by molar-refractivity contribution is 6.31. The van der Waals surface area contributed by atoms with Gasteiger partial charge < -0.3 is 95.5 Å². The molecule has 26 nitrogen and oxygen atoms in total. The van der Waals surface area contributed by atoms with Crippen LogP contribution in [0.1, 0.15) is 93.7 Å². The summed E-state index contributed by atoms with van der Waals surface area (Å²) in [6.45, 7) is 0.814. The number of nitrogens with two attached hydrogens (primary N) is 1. The molecule has 0 spiro atoms. The number of rotatable bonds is 18. The number of amides is 2. The molecule has 6 unspecified atom stereocenters. The van der Waals surface area contributed by atoms with Gasteiger partial charge in [-0.3, -0.25) is 24.1 Å². The van der Waals surface area contributed by atoms with Gasteiger partial charge in [-0.25, -0.2) is 9.59 Å². The van der Waals surface area contributed by atoms with Crippen molar-refractivity contribution in [1.82, 2.24) is 10.2 Å². The van der Waals surface area contributed by atoms with Gasteiger partial charge in [-0.2, -0.15) is 0 Å². The van der Waals surface area contributed by atoms with Crippen LogP contribution >= 0.6 is 0 Å². The summed E-state index contributed by atoms with van der Waals surface area (Å²) < 4.78 is 40.1. The summed E-state index contributed by atoms with van der Waals surface area (Å²) in [5, 5.41) is 102. The highest BCUT2D eigenvalue weighted by Gasteiger charge is 2.51. The molecule has 3 aromatic rings. The molecular formula is C50H60N4O22. The number of fused-ring (bicyclic) bond motifs is 3. The number of phenolic OH excluding ortho intramolecular Hbond substituents is 2. The molecule has 3 heterocycles. The Morgan fingerprint density at radius 2 is 1.68 bits per heavy atom. The molecule has 8 rings (SSSR count). The minimum atomic E-state index is -2.37. The number of nitrogens with zero attached hydrogens (tertiary/aromatic N) is 1. The van der Waals surface area contributed by atoms with Gasteiger partial charge in [0.2, 0.25) is 18.0 Å². The molecule has 3 saturated heterocycles. The zero-order valence-electron chi connectivity index (χ0n) is 41.2. The lowest BCUT2D eigenvalue weighted by Crippen LogP contribution is -2.61. The third-order valence-electron chi connectivity index (χ3n) is 14.1. The van der Waals surface area contributed by atoms with Crippen LogP contribution in [0.4, 0.5) is 10.5 Å². The number of carboxylic acid groups (broad SMARTS) is 1. The second-order valence-electron chi connectivity index (χ2n) is 19.0. The van der Waals surface area contributed by atoms with Crippen molar-refractivity contribution in [2.45, 2.75) is 125 Å². The largest absolute Gasteiger partial charge is 0.507 e. The fraction of sp³-hybridized carbons (Fsp3) is 0.520. The van der Waals surface area contributed by atoms with E-state index in [1.807, 2.05) is 0 Å². The fourth-order valence-corrected chi connectivity index (χ4v) is 10.2. The molecule has 412 valence electrons. The van der Waals surface area contributed by atoms with E-state index in [-0.39, 0.29) is 85.1 Å². The standard InChI is InChI=1S/C50H60N4O22/c1-21-38(58)26(16-33(73-21)74-29-18-50(69,30(56)19-55)17-24-35(29)42(62)37-36(40(24)60)39(59)23-5-3-6-28(70-2)34(23)41(37)61)52-12-4-7-32-54(13-14-71-32)49(68)72-20-22-8-9-27(25(15-22)53-31(57)10-11-51)75-48-45(65)43(63)44(64)46(76-48)47(66)67/h3,5-6,8-9,15,21,26,29,32-33,38,43-46,48,52,55,58,60,62-65,69H,4,7,10-14,16-20,51H2,1-2H3,(H,53,57)(H,66,67)/t21?,26?,29?,32?,33?,38?,43-,44-,45+,46-,48+,50-/m0/s1. The van der Waals surface area contributed by atoms with E-state index in [1.54, 1.807) is 6.92 Å². The van der Waals surface area contributed by atoms with Gasteiger partial charge >= 0.3 is 12.1 Å². The SMILES string of the molecule is COc1cccc2c1C(=O)c1c(O)c3c(c(O)c1C2=O)C[C@@](O)(C(=O)CO)CC3OC1CC(NCCCC2OCCN2C(=O)OCc2ccc(O[C@@H]3O[C@H](C(=O)O)[C@@H](O)[C@H](O)[C@H]3O)c(NC(=O)CCN)c2)C(O)C(C)O1. The maximum absolute atomic E-state index is 14.1. The summed E-state index contributed by atoms with van der Waals surface area (Å²) in [7, 11) is 1.30. The Balaban J connectivity index is 0.901. The zero-order valence-corrected chi connectivity index (χ0v) is 41.2. The topological polar surface area (TPSA) is 402 Å². The Bertz CT molecular complexity index is 2740. The lowest BCUT2D eigenvalue weighted by molar-refractivity contribution is -0.271. The van der Waals surface area contributed by atoms with Crippen LogP contribution in [0.25, 0.3) is 0 Å². The van der Waals surface area contributed by atoms with Crippen LogP contribution in [0.5, 0.6) is 23.0 Å². The number of aliphatic hydroxyl groups excluding tert-OH is 5. The van der Waals surface area contributed by atoms with E-state index in [4.69, 9.17) is 38.9 Å². The lowest BCUT2D eigenvalue weighted by Gasteiger charge is -2.43. The smallest absolute Gasteiger partial charge is 0.412 e. The predicted octanol–water partition coefficient (Wildman–Crippen LogP) is -1.03. The molecule has 2 amide bonds. The van der Waals surface area contributed by atoms with Crippen LogP contribution in [-0.2, 0) is 51.1 Å². The van der Waals surface area contributed by atoms with Crippen LogP contribution < -0.4 is 25.8 Å².